The maximum atomic E-state index is 9.05. The molecule has 0 aromatic carbocycles. The standard InChI is InChI=1S/C6H12O5/c7-2-3-1-4(8)5(9)6(10)11-3/h3-10H,1-2H2/t3?,4-,5-,6-/m0/s1. The van der Waals surface area contributed by atoms with Gasteiger partial charge in [0.25, 0.3) is 0 Å². The number of aliphatic hydroxyl groups is 4. The summed E-state index contributed by atoms with van der Waals surface area (Å²) in [5.41, 5.74) is 0. The van der Waals surface area contributed by atoms with Crippen LogP contribution in [0, 0.1) is 0 Å². The van der Waals surface area contributed by atoms with Crippen molar-refractivity contribution in [3.8, 4) is 0 Å². The summed E-state index contributed by atoms with van der Waals surface area (Å²) in [5, 5.41) is 35.5. The molecule has 0 aromatic heterocycles. The summed E-state index contributed by atoms with van der Waals surface area (Å²) in [5.74, 6) is 0. The van der Waals surface area contributed by atoms with Crippen molar-refractivity contribution < 1.29 is 25.2 Å². The summed E-state index contributed by atoms with van der Waals surface area (Å²) < 4.78 is 4.71. The predicted octanol–water partition coefficient (Wildman–Crippen LogP) is -2.19. The molecule has 0 saturated carbocycles. The number of rotatable bonds is 1. The van der Waals surface area contributed by atoms with Crippen LogP contribution in [0.5, 0.6) is 0 Å². The maximum Gasteiger partial charge on any atom is 0.183 e. The van der Waals surface area contributed by atoms with Crippen molar-refractivity contribution in [1.29, 1.82) is 0 Å². The van der Waals surface area contributed by atoms with E-state index in [9.17, 15) is 0 Å². The van der Waals surface area contributed by atoms with Gasteiger partial charge in [0.05, 0.1) is 18.8 Å². The average molecular weight is 164 g/mol. The Labute approximate surface area is 63.8 Å². The molecule has 11 heavy (non-hydrogen) atoms. The molecule has 5 heteroatoms. The molecule has 1 heterocycles. The van der Waals surface area contributed by atoms with E-state index >= 15 is 0 Å². The van der Waals surface area contributed by atoms with Crippen LogP contribution in [-0.2, 0) is 4.74 Å². The van der Waals surface area contributed by atoms with Crippen LogP contribution >= 0.6 is 0 Å². The Morgan fingerprint density at radius 3 is 2.36 bits per heavy atom. The van der Waals surface area contributed by atoms with Gasteiger partial charge in [-0.05, 0) is 0 Å². The van der Waals surface area contributed by atoms with Gasteiger partial charge in [-0.3, -0.25) is 0 Å². The van der Waals surface area contributed by atoms with Gasteiger partial charge < -0.3 is 25.2 Å². The van der Waals surface area contributed by atoms with Crippen molar-refractivity contribution in [3.63, 3.8) is 0 Å². The normalized spacial score (nSPS) is 45.8. The summed E-state index contributed by atoms with van der Waals surface area (Å²) in [6.07, 6.45) is -4.11. The SMILES string of the molecule is OCC1C[C@H](O)[C@H](O)[C@@H](O)O1. The Hall–Kier alpha value is -0.200. The second-order valence-corrected chi connectivity index (χ2v) is 2.62. The number of aliphatic hydroxyl groups excluding tert-OH is 4. The van der Waals surface area contributed by atoms with Gasteiger partial charge >= 0.3 is 0 Å². The number of ether oxygens (including phenoxy) is 1. The Balaban J connectivity index is 2.47. The molecule has 0 spiro atoms. The highest BCUT2D eigenvalue weighted by Crippen LogP contribution is 2.17. The van der Waals surface area contributed by atoms with Gasteiger partial charge in [-0.15, -0.1) is 0 Å². The van der Waals surface area contributed by atoms with E-state index in [1.807, 2.05) is 0 Å². The Morgan fingerprint density at radius 2 is 1.91 bits per heavy atom. The molecule has 5 nitrogen and oxygen atoms in total. The molecule has 1 aliphatic heterocycles. The van der Waals surface area contributed by atoms with Gasteiger partial charge in [-0.25, -0.2) is 0 Å². The zero-order valence-corrected chi connectivity index (χ0v) is 5.92. The summed E-state index contributed by atoms with van der Waals surface area (Å²) in [4.78, 5) is 0. The third-order valence-electron chi connectivity index (χ3n) is 1.73. The highest BCUT2D eigenvalue weighted by atomic mass is 16.6. The minimum atomic E-state index is -1.39. The third kappa shape index (κ3) is 1.88. The van der Waals surface area contributed by atoms with Crippen molar-refractivity contribution in [2.24, 2.45) is 0 Å². The topological polar surface area (TPSA) is 90.2 Å². The molecule has 1 rings (SSSR count). The van der Waals surface area contributed by atoms with Gasteiger partial charge in [-0.1, -0.05) is 0 Å². The maximum absolute atomic E-state index is 9.05. The van der Waals surface area contributed by atoms with Crippen LogP contribution in [0.2, 0.25) is 0 Å². The van der Waals surface area contributed by atoms with E-state index in [0.29, 0.717) is 0 Å². The van der Waals surface area contributed by atoms with Crippen molar-refractivity contribution in [3.05, 3.63) is 0 Å². The lowest BCUT2D eigenvalue weighted by Crippen LogP contribution is -2.49. The summed E-state index contributed by atoms with van der Waals surface area (Å²) in [6, 6.07) is 0. The lowest BCUT2D eigenvalue weighted by molar-refractivity contribution is -0.251. The van der Waals surface area contributed by atoms with Crippen LogP contribution in [0.4, 0.5) is 0 Å². The first kappa shape index (κ1) is 8.89. The van der Waals surface area contributed by atoms with Crippen LogP contribution in [0.1, 0.15) is 6.42 Å². The van der Waals surface area contributed by atoms with Gasteiger partial charge in [0, 0.05) is 6.42 Å². The molecule has 4 N–H and O–H groups in total. The fourth-order valence-electron chi connectivity index (χ4n) is 1.05. The van der Waals surface area contributed by atoms with E-state index in [-0.39, 0.29) is 13.0 Å². The van der Waals surface area contributed by atoms with Gasteiger partial charge in [-0.2, -0.15) is 0 Å². The number of hydrogen-bond donors (Lipinski definition) is 4. The third-order valence-corrected chi connectivity index (χ3v) is 1.73. The van der Waals surface area contributed by atoms with Crippen molar-refractivity contribution in [2.45, 2.75) is 31.0 Å². The fourth-order valence-corrected chi connectivity index (χ4v) is 1.05. The van der Waals surface area contributed by atoms with Crippen molar-refractivity contribution >= 4 is 0 Å². The summed E-state index contributed by atoms with van der Waals surface area (Å²) in [7, 11) is 0. The molecule has 66 valence electrons. The molecular formula is C6H12O5. The molecule has 1 saturated heterocycles. The quantitative estimate of drug-likeness (QED) is 0.353. The fraction of sp³-hybridized carbons (Fsp3) is 1.00. The second-order valence-electron chi connectivity index (χ2n) is 2.62. The van der Waals surface area contributed by atoms with Crippen LogP contribution in [-0.4, -0.2) is 51.6 Å². The van der Waals surface area contributed by atoms with E-state index in [1.54, 1.807) is 0 Å². The van der Waals surface area contributed by atoms with E-state index < -0.39 is 24.6 Å². The molecule has 1 unspecified atom stereocenters. The highest BCUT2D eigenvalue weighted by Gasteiger charge is 2.34. The highest BCUT2D eigenvalue weighted by molar-refractivity contribution is 4.79. The van der Waals surface area contributed by atoms with Crippen LogP contribution in [0.15, 0.2) is 0 Å². The van der Waals surface area contributed by atoms with Crippen LogP contribution in [0.25, 0.3) is 0 Å². The van der Waals surface area contributed by atoms with Gasteiger partial charge in [0.15, 0.2) is 6.29 Å². The summed E-state index contributed by atoms with van der Waals surface area (Å²) in [6.45, 7) is -0.263. The average Bonchev–Trinajstić information content (AvgIpc) is 1.99. The largest absolute Gasteiger partial charge is 0.394 e. The Kier molecular flexibility index (Phi) is 2.80. The van der Waals surface area contributed by atoms with Crippen molar-refractivity contribution in [2.75, 3.05) is 6.61 Å². The zero-order chi connectivity index (χ0) is 8.43. The van der Waals surface area contributed by atoms with E-state index in [1.165, 1.54) is 0 Å². The van der Waals surface area contributed by atoms with E-state index in [0.717, 1.165) is 0 Å². The number of hydrogen-bond acceptors (Lipinski definition) is 5. The van der Waals surface area contributed by atoms with Crippen LogP contribution in [0.3, 0.4) is 0 Å². The van der Waals surface area contributed by atoms with Crippen LogP contribution < -0.4 is 0 Å². The lowest BCUT2D eigenvalue weighted by Gasteiger charge is -2.33. The van der Waals surface area contributed by atoms with Gasteiger partial charge in [0.2, 0.25) is 0 Å². The zero-order valence-electron chi connectivity index (χ0n) is 5.92. The smallest absolute Gasteiger partial charge is 0.183 e. The lowest BCUT2D eigenvalue weighted by atomic mass is 10.0. The second kappa shape index (κ2) is 3.46. The predicted molar refractivity (Wildman–Crippen MR) is 34.6 cm³/mol. The minimum Gasteiger partial charge on any atom is -0.394 e. The molecule has 1 aliphatic rings. The van der Waals surface area contributed by atoms with Crippen molar-refractivity contribution in [1.82, 2.24) is 0 Å². The van der Waals surface area contributed by atoms with E-state index in [4.69, 9.17) is 25.2 Å². The van der Waals surface area contributed by atoms with E-state index in [2.05, 4.69) is 0 Å². The molecule has 4 atom stereocenters. The first-order valence-corrected chi connectivity index (χ1v) is 3.45. The molecule has 0 amide bonds. The molecule has 1 fully saturated rings. The molecule has 0 bridgehead atoms. The monoisotopic (exact) mass is 164 g/mol. The Bertz CT molecular complexity index is 116. The molecule has 0 aliphatic carbocycles. The first-order valence-electron chi connectivity index (χ1n) is 3.45. The van der Waals surface area contributed by atoms with Gasteiger partial charge in [0.1, 0.15) is 6.10 Å². The molecular weight excluding hydrogens is 152 g/mol. The summed E-state index contributed by atoms with van der Waals surface area (Å²) >= 11 is 0. The minimum absolute atomic E-state index is 0.148. The first-order chi connectivity index (χ1) is 5.15. The molecule has 0 aromatic rings. The Morgan fingerprint density at radius 1 is 1.27 bits per heavy atom. The molecule has 0 radical (unpaired) electrons.